The highest BCUT2D eigenvalue weighted by Crippen LogP contribution is 2.25. The Morgan fingerprint density at radius 3 is 2.18 bits per heavy atom. The Morgan fingerprint density at radius 1 is 1.00 bits per heavy atom. The molecule has 0 spiro atoms. The molecule has 3 aromatic rings. The van der Waals surface area contributed by atoms with E-state index in [9.17, 15) is 5.11 Å². The van der Waals surface area contributed by atoms with Gasteiger partial charge in [0.15, 0.2) is 0 Å². The number of thiol groups is 1. The zero-order valence-corrected chi connectivity index (χ0v) is 13.3. The van der Waals surface area contributed by atoms with Crippen LogP contribution >= 0.6 is 12.6 Å². The summed E-state index contributed by atoms with van der Waals surface area (Å²) >= 11 is 4.15. The molecule has 0 amide bonds. The second-order valence-corrected chi connectivity index (χ2v) is 5.87. The summed E-state index contributed by atoms with van der Waals surface area (Å²) < 4.78 is 0. The fraction of sp³-hybridized carbons (Fsp3) is 0.278. The number of nitrogens with zero attached hydrogens (tertiary/aromatic N) is 1. The predicted octanol–water partition coefficient (Wildman–Crippen LogP) is 3.16. The van der Waals surface area contributed by atoms with Crippen molar-refractivity contribution in [3.05, 3.63) is 54.1 Å². The Morgan fingerprint density at radius 2 is 1.59 bits per heavy atom. The average Bonchev–Trinajstić information content (AvgIpc) is 2.54. The number of rotatable bonds is 6. The lowest BCUT2D eigenvalue weighted by atomic mass is 10.0. The monoisotopic (exact) mass is 312 g/mol. The standard InChI is InChI=1S/C18H20N2OS/c21-13(9-10-22)11-19-12-16-14-5-1-3-7-17(14)20-18-8-4-2-6-15(16)18/h1-8,13,19,21-22H,9-12H2. The van der Waals surface area contributed by atoms with Crippen LogP contribution in [0.4, 0.5) is 0 Å². The van der Waals surface area contributed by atoms with E-state index >= 15 is 0 Å². The minimum Gasteiger partial charge on any atom is -0.392 e. The van der Waals surface area contributed by atoms with Gasteiger partial charge >= 0.3 is 0 Å². The van der Waals surface area contributed by atoms with E-state index < -0.39 is 0 Å². The van der Waals surface area contributed by atoms with Crippen molar-refractivity contribution in [3.8, 4) is 0 Å². The van der Waals surface area contributed by atoms with Gasteiger partial charge in [-0.1, -0.05) is 36.4 Å². The smallest absolute Gasteiger partial charge is 0.0713 e. The number of para-hydroxylation sites is 2. The van der Waals surface area contributed by atoms with Crippen molar-refractivity contribution in [2.24, 2.45) is 0 Å². The van der Waals surface area contributed by atoms with Crippen molar-refractivity contribution in [1.82, 2.24) is 10.3 Å². The lowest BCUT2D eigenvalue weighted by Crippen LogP contribution is -2.26. The van der Waals surface area contributed by atoms with Crippen LogP contribution in [0.15, 0.2) is 48.5 Å². The number of aromatic nitrogens is 1. The zero-order chi connectivity index (χ0) is 15.4. The Hall–Kier alpha value is -1.62. The van der Waals surface area contributed by atoms with Crippen LogP contribution in [-0.2, 0) is 6.54 Å². The molecule has 0 saturated heterocycles. The fourth-order valence-corrected chi connectivity index (χ4v) is 3.03. The van der Waals surface area contributed by atoms with E-state index in [-0.39, 0.29) is 6.10 Å². The van der Waals surface area contributed by atoms with Gasteiger partial charge in [0.2, 0.25) is 0 Å². The lowest BCUT2D eigenvalue weighted by molar-refractivity contribution is 0.168. The van der Waals surface area contributed by atoms with E-state index in [0.29, 0.717) is 25.3 Å². The van der Waals surface area contributed by atoms with Crippen molar-refractivity contribution in [3.63, 3.8) is 0 Å². The van der Waals surface area contributed by atoms with E-state index in [4.69, 9.17) is 4.98 Å². The van der Waals surface area contributed by atoms with Crippen LogP contribution in [0.3, 0.4) is 0 Å². The zero-order valence-electron chi connectivity index (χ0n) is 12.4. The number of aliphatic hydroxyl groups excluding tert-OH is 1. The van der Waals surface area contributed by atoms with Gasteiger partial charge in [0, 0.05) is 23.9 Å². The average molecular weight is 312 g/mol. The molecule has 0 bridgehead atoms. The number of fused-ring (bicyclic) bond motifs is 2. The SMILES string of the molecule is OC(CCS)CNCc1c2ccccc2nc2ccccc12. The van der Waals surface area contributed by atoms with E-state index in [1.165, 1.54) is 5.56 Å². The number of benzene rings is 2. The van der Waals surface area contributed by atoms with Gasteiger partial charge in [-0.15, -0.1) is 0 Å². The molecule has 3 rings (SSSR count). The molecule has 4 heteroatoms. The summed E-state index contributed by atoms with van der Waals surface area (Å²) in [7, 11) is 0. The first-order valence-electron chi connectivity index (χ1n) is 7.55. The summed E-state index contributed by atoms with van der Waals surface area (Å²) in [6, 6.07) is 16.4. The number of aliphatic hydroxyl groups is 1. The molecule has 114 valence electrons. The number of nitrogens with one attached hydrogen (secondary N) is 1. The highest BCUT2D eigenvalue weighted by Gasteiger charge is 2.09. The summed E-state index contributed by atoms with van der Waals surface area (Å²) in [4.78, 5) is 4.72. The third-order valence-electron chi connectivity index (χ3n) is 3.84. The Balaban J connectivity index is 1.94. The Bertz CT molecular complexity index is 721. The predicted molar refractivity (Wildman–Crippen MR) is 95.4 cm³/mol. The molecule has 0 saturated carbocycles. The number of hydrogen-bond acceptors (Lipinski definition) is 4. The second kappa shape index (κ2) is 7.09. The van der Waals surface area contributed by atoms with E-state index in [1.54, 1.807) is 0 Å². The molecular formula is C18H20N2OS. The van der Waals surface area contributed by atoms with Gasteiger partial charge in [0.1, 0.15) is 0 Å². The maximum atomic E-state index is 9.83. The molecule has 1 aromatic heterocycles. The first-order valence-corrected chi connectivity index (χ1v) is 8.19. The van der Waals surface area contributed by atoms with Crippen LogP contribution in [0.2, 0.25) is 0 Å². The van der Waals surface area contributed by atoms with Gasteiger partial charge in [-0.25, -0.2) is 4.98 Å². The molecule has 0 radical (unpaired) electrons. The first-order chi connectivity index (χ1) is 10.8. The summed E-state index contributed by atoms with van der Waals surface area (Å²) in [5, 5.41) is 15.5. The minimum atomic E-state index is -0.350. The number of hydrogen-bond donors (Lipinski definition) is 3. The largest absolute Gasteiger partial charge is 0.392 e. The molecule has 0 aliphatic heterocycles. The lowest BCUT2D eigenvalue weighted by Gasteiger charge is -2.14. The highest BCUT2D eigenvalue weighted by atomic mass is 32.1. The van der Waals surface area contributed by atoms with Gasteiger partial charge < -0.3 is 10.4 Å². The molecule has 22 heavy (non-hydrogen) atoms. The van der Waals surface area contributed by atoms with E-state index in [0.717, 1.165) is 21.8 Å². The Kier molecular flexibility index (Phi) is 4.93. The van der Waals surface area contributed by atoms with Crippen molar-refractivity contribution in [2.75, 3.05) is 12.3 Å². The van der Waals surface area contributed by atoms with Gasteiger partial charge in [0.25, 0.3) is 0 Å². The minimum absolute atomic E-state index is 0.350. The van der Waals surface area contributed by atoms with Crippen LogP contribution < -0.4 is 5.32 Å². The molecular weight excluding hydrogens is 292 g/mol. The van der Waals surface area contributed by atoms with Crippen LogP contribution in [-0.4, -0.2) is 28.5 Å². The summed E-state index contributed by atoms with van der Waals surface area (Å²) in [6.07, 6.45) is 0.352. The van der Waals surface area contributed by atoms with Crippen molar-refractivity contribution in [2.45, 2.75) is 19.1 Å². The molecule has 1 heterocycles. The van der Waals surface area contributed by atoms with Crippen LogP contribution in [0.1, 0.15) is 12.0 Å². The van der Waals surface area contributed by atoms with Gasteiger partial charge in [-0.05, 0) is 29.9 Å². The third kappa shape index (κ3) is 3.24. The molecule has 2 N–H and O–H groups in total. The highest BCUT2D eigenvalue weighted by molar-refractivity contribution is 7.80. The second-order valence-electron chi connectivity index (χ2n) is 5.42. The molecule has 1 unspecified atom stereocenters. The van der Waals surface area contributed by atoms with E-state index in [1.807, 2.05) is 36.4 Å². The Labute approximate surface area is 135 Å². The molecule has 0 aliphatic carbocycles. The van der Waals surface area contributed by atoms with Gasteiger partial charge in [-0.3, -0.25) is 0 Å². The third-order valence-corrected chi connectivity index (χ3v) is 4.10. The van der Waals surface area contributed by atoms with Crippen LogP contribution in [0, 0.1) is 0 Å². The van der Waals surface area contributed by atoms with Crippen molar-refractivity contribution >= 4 is 34.4 Å². The molecule has 0 aliphatic rings. The summed E-state index contributed by atoms with van der Waals surface area (Å²) in [5.74, 6) is 0.698. The topological polar surface area (TPSA) is 45.1 Å². The quantitative estimate of drug-likeness (QED) is 0.484. The molecule has 2 aromatic carbocycles. The fourth-order valence-electron chi connectivity index (χ4n) is 2.73. The van der Waals surface area contributed by atoms with E-state index in [2.05, 4.69) is 30.1 Å². The summed E-state index contributed by atoms with van der Waals surface area (Å²) in [5.41, 5.74) is 3.25. The van der Waals surface area contributed by atoms with Gasteiger partial charge in [-0.2, -0.15) is 12.6 Å². The van der Waals surface area contributed by atoms with Crippen molar-refractivity contribution in [1.29, 1.82) is 0 Å². The number of pyridine rings is 1. The van der Waals surface area contributed by atoms with Gasteiger partial charge in [0.05, 0.1) is 17.1 Å². The first kappa shape index (κ1) is 15.3. The maximum Gasteiger partial charge on any atom is 0.0713 e. The molecule has 1 atom stereocenters. The normalized spacial score (nSPS) is 12.8. The van der Waals surface area contributed by atoms with Crippen molar-refractivity contribution < 1.29 is 5.11 Å². The molecule has 3 nitrogen and oxygen atoms in total. The van der Waals surface area contributed by atoms with Crippen LogP contribution in [0.5, 0.6) is 0 Å². The summed E-state index contributed by atoms with van der Waals surface area (Å²) in [6.45, 7) is 1.29. The molecule has 0 fully saturated rings. The van der Waals surface area contributed by atoms with Crippen LogP contribution in [0.25, 0.3) is 21.8 Å². The maximum absolute atomic E-state index is 9.83.